The van der Waals surface area contributed by atoms with Gasteiger partial charge < -0.3 is 15.0 Å². The highest BCUT2D eigenvalue weighted by molar-refractivity contribution is 5.95. The van der Waals surface area contributed by atoms with E-state index in [4.69, 9.17) is 5.11 Å². The Morgan fingerprint density at radius 3 is 2.73 bits per heavy atom. The minimum Gasteiger partial charge on any atom is -0.395 e. The van der Waals surface area contributed by atoms with Crippen LogP contribution >= 0.6 is 0 Å². The van der Waals surface area contributed by atoms with Crippen molar-refractivity contribution in [3.05, 3.63) is 24.0 Å². The SMILES string of the molecule is O=C(Nc1cc2c(cn1)cc(C(F)(F)F)n2CCO)C1CC1. The molecular formula is C14H14F3N3O2. The van der Waals surface area contributed by atoms with E-state index in [2.05, 4.69) is 10.3 Å². The molecule has 0 spiro atoms. The second-order valence-electron chi connectivity index (χ2n) is 5.29. The number of hydrogen-bond donors (Lipinski definition) is 2. The Balaban J connectivity index is 2.01. The summed E-state index contributed by atoms with van der Waals surface area (Å²) in [5.41, 5.74) is -0.563. The fraction of sp³-hybridized carbons (Fsp3) is 0.429. The number of amides is 1. The Morgan fingerprint density at radius 1 is 1.41 bits per heavy atom. The molecule has 5 nitrogen and oxygen atoms in total. The second-order valence-corrected chi connectivity index (χ2v) is 5.29. The van der Waals surface area contributed by atoms with Crippen LogP contribution in [0.3, 0.4) is 0 Å². The molecule has 118 valence electrons. The van der Waals surface area contributed by atoms with Crippen LogP contribution in [0, 0.1) is 5.92 Å². The zero-order valence-electron chi connectivity index (χ0n) is 11.5. The lowest BCUT2D eigenvalue weighted by Crippen LogP contribution is -2.16. The number of aliphatic hydroxyl groups is 1. The van der Waals surface area contributed by atoms with Gasteiger partial charge in [0.15, 0.2) is 0 Å². The molecule has 1 aliphatic carbocycles. The van der Waals surface area contributed by atoms with Crippen LogP contribution in [0.15, 0.2) is 18.3 Å². The van der Waals surface area contributed by atoms with E-state index in [1.807, 2.05) is 0 Å². The first-order valence-electron chi connectivity index (χ1n) is 6.88. The lowest BCUT2D eigenvalue weighted by Gasteiger charge is -2.12. The van der Waals surface area contributed by atoms with Gasteiger partial charge >= 0.3 is 6.18 Å². The third-order valence-corrected chi connectivity index (χ3v) is 3.60. The first kappa shape index (κ1) is 14.8. The molecular weight excluding hydrogens is 299 g/mol. The summed E-state index contributed by atoms with van der Waals surface area (Å²) < 4.78 is 40.1. The topological polar surface area (TPSA) is 67.2 Å². The van der Waals surface area contributed by atoms with Crippen molar-refractivity contribution in [3.8, 4) is 0 Å². The lowest BCUT2D eigenvalue weighted by molar-refractivity contribution is -0.143. The highest BCUT2D eigenvalue weighted by Gasteiger charge is 2.35. The normalized spacial score (nSPS) is 15.3. The van der Waals surface area contributed by atoms with Gasteiger partial charge in [-0.25, -0.2) is 4.98 Å². The molecule has 22 heavy (non-hydrogen) atoms. The highest BCUT2D eigenvalue weighted by atomic mass is 19.4. The largest absolute Gasteiger partial charge is 0.431 e. The number of carbonyl (C=O) groups excluding carboxylic acids is 1. The standard InChI is InChI=1S/C14H14F3N3O2/c15-14(16,17)11-5-9-7-18-12(19-13(22)8-1-2-8)6-10(9)20(11)3-4-21/h5-8,21H,1-4H2,(H,18,19,22). The Bertz CT molecular complexity index is 720. The highest BCUT2D eigenvalue weighted by Crippen LogP contribution is 2.35. The Hall–Kier alpha value is -2.09. The van der Waals surface area contributed by atoms with Crippen molar-refractivity contribution >= 4 is 22.6 Å². The first-order chi connectivity index (χ1) is 10.4. The van der Waals surface area contributed by atoms with Crippen LogP contribution in [0.25, 0.3) is 10.9 Å². The van der Waals surface area contributed by atoms with Gasteiger partial charge in [0.25, 0.3) is 0 Å². The van der Waals surface area contributed by atoms with Crippen molar-refractivity contribution in [3.63, 3.8) is 0 Å². The number of hydrogen-bond acceptors (Lipinski definition) is 3. The van der Waals surface area contributed by atoms with Crippen molar-refractivity contribution < 1.29 is 23.1 Å². The predicted molar refractivity (Wildman–Crippen MR) is 73.2 cm³/mol. The summed E-state index contributed by atoms with van der Waals surface area (Å²) in [6.45, 7) is -0.600. The molecule has 3 rings (SSSR count). The fourth-order valence-electron chi connectivity index (χ4n) is 2.37. The molecule has 1 fully saturated rings. The quantitative estimate of drug-likeness (QED) is 0.911. The summed E-state index contributed by atoms with van der Waals surface area (Å²) in [5, 5.41) is 11.9. The number of pyridine rings is 1. The fourth-order valence-corrected chi connectivity index (χ4v) is 2.37. The number of fused-ring (bicyclic) bond motifs is 1. The number of anilines is 1. The average Bonchev–Trinajstić information content (AvgIpc) is 3.22. The Kier molecular flexibility index (Phi) is 3.56. The number of alkyl halides is 3. The summed E-state index contributed by atoms with van der Waals surface area (Å²) in [6, 6.07) is 2.39. The van der Waals surface area contributed by atoms with Gasteiger partial charge in [0, 0.05) is 30.1 Å². The molecule has 2 aromatic heterocycles. The van der Waals surface area contributed by atoms with Gasteiger partial charge in [-0.3, -0.25) is 4.79 Å². The van der Waals surface area contributed by atoms with Gasteiger partial charge in [0.2, 0.25) is 5.91 Å². The maximum atomic E-state index is 13.0. The van der Waals surface area contributed by atoms with Gasteiger partial charge in [-0.1, -0.05) is 0 Å². The van der Waals surface area contributed by atoms with Gasteiger partial charge in [-0.15, -0.1) is 0 Å². The molecule has 2 heterocycles. The van der Waals surface area contributed by atoms with Gasteiger partial charge in [0.1, 0.15) is 11.5 Å². The van der Waals surface area contributed by atoms with Gasteiger partial charge in [-0.05, 0) is 18.9 Å². The summed E-state index contributed by atoms with van der Waals surface area (Å²) in [7, 11) is 0. The van der Waals surface area contributed by atoms with Crippen molar-refractivity contribution in [2.45, 2.75) is 25.6 Å². The molecule has 0 atom stereocenters. The van der Waals surface area contributed by atoms with E-state index in [1.54, 1.807) is 0 Å². The molecule has 0 aliphatic heterocycles. The maximum Gasteiger partial charge on any atom is 0.431 e. The molecule has 0 bridgehead atoms. The number of carbonyl (C=O) groups is 1. The number of aromatic nitrogens is 2. The van der Waals surface area contributed by atoms with Gasteiger partial charge in [-0.2, -0.15) is 13.2 Å². The van der Waals surface area contributed by atoms with E-state index >= 15 is 0 Å². The van der Waals surface area contributed by atoms with Crippen LogP contribution in [0.4, 0.5) is 19.0 Å². The van der Waals surface area contributed by atoms with E-state index in [9.17, 15) is 18.0 Å². The molecule has 8 heteroatoms. The van der Waals surface area contributed by atoms with E-state index in [0.717, 1.165) is 23.5 Å². The van der Waals surface area contributed by atoms with Crippen LogP contribution in [-0.4, -0.2) is 27.2 Å². The van der Waals surface area contributed by atoms with E-state index < -0.39 is 18.5 Å². The predicted octanol–water partition coefficient (Wildman–Crippen LogP) is 2.40. The zero-order valence-corrected chi connectivity index (χ0v) is 11.5. The van der Waals surface area contributed by atoms with Crippen LogP contribution < -0.4 is 5.32 Å². The number of halogens is 3. The molecule has 1 saturated carbocycles. The van der Waals surface area contributed by atoms with E-state index in [-0.39, 0.29) is 29.7 Å². The van der Waals surface area contributed by atoms with Crippen molar-refractivity contribution in [2.75, 3.05) is 11.9 Å². The summed E-state index contributed by atoms with van der Waals surface area (Å²) in [4.78, 5) is 15.7. The molecule has 2 aromatic rings. The average molecular weight is 313 g/mol. The molecule has 0 aromatic carbocycles. The Morgan fingerprint density at radius 2 is 2.14 bits per heavy atom. The third-order valence-electron chi connectivity index (χ3n) is 3.60. The number of nitrogens with one attached hydrogen (secondary N) is 1. The van der Waals surface area contributed by atoms with Crippen molar-refractivity contribution in [2.24, 2.45) is 5.92 Å². The molecule has 2 N–H and O–H groups in total. The summed E-state index contributed by atoms with van der Waals surface area (Å²) >= 11 is 0. The van der Waals surface area contributed by atoms with Crippen molar-refractivity contribution in [1.29, 1.82) is 0 Å². The summed E-state index contributed by atoms with van der Waals surface area (Å²) in [6.07, 6.45) is -1.58. The van der Waals surface area contributed by atoms with Crippen LogP contribution in [0.1, 0.15) is 18.5 Å². The van der Waals surface area contributed by atoms with Gasteiger partial charge in [0.05, 0.1) is 12.1 Å². The van der Waals surface area contributed by atoms with E-state index in [1.165, 1.54) is 12.3 Å². The van der Waals surface area contributed by atoms with Crippen molar-refractivity contribution in [1.82, 2.24) is 9.55 Å². The van der Waals surface area contributed by atoms with Crippen LogP contribution in [0.2, 0.25) is 0 Å². The minimum absolute atomic E-state index is 0.0209. The second kappa shape index (κ2) is 5.28. The molecule has 0 unspecified atom stereocenters. The number of aliphatic hydroxyl groups excluding tert-OH is 1. The molecule has 1 amide bonds. The van der Waals surface area contributed by atoms with E-state index in [0.29, 0.717) is 5.39 Å². The smallest absolute Gasteiger partial charge is 0.395 e. The summed E-state index contributed by atoms with van der Waals surface area (Å²) in [5.74, 6) is 0.0334. The monoisotopic (exact) mass is 313 g/mol. The zero-order chi connectivity index (χ0) is 15.9. The minimum atomic E-state index is -4.52. The Labute approximate surface area is 123 Å². The lowest BCUT2D eigenvalue weighted by atomic mass is 10.3. The number of nitrogens with zero attached hydrogens (tertiary/aromatic N) is 2. The molecule has 0 saturated heterocycles. The third kappa shape index (κ3) is 2.78. The molecule has 1 aliphatic rings. The van der Waals surface area contributed by atoms with Crippen LogP contribution in [0.5, 0.6) is 0 Å². The van der Waals surface area contributed by atoms with Crippen LogP contribution in [-0.2, 0) is 17.5 Å². The maximum absolute atomic E-state index is 13.0. The molecule has 0 radical (unpaired) electrons. The number of rotatable bonds is 4. The first-order valence-corrected chi connectivity index (χ1v) is 6.88.